The maximum absolute atomic E-state index is 11.9. The number of hydrogen-bond donors (Lipinski definition) is 1. The van der Waals surface area contributed by atoms with Crippen LogP contribution in [0, 0.1) is 0 Å². The van der Waals surface area contributed by atoms with Gasteiger partial charge in [-0.25, -0.2) is 0 Å². The fourth-order valence-corrected chi connectivity index (χ4v) is 1.75. The summed E-state index contributed by atoms with van der Waals surface area (Å²) in [7, 11) is 1.56. The molecule has 102 valence electrons. The SMILES string of the molecule is COc1ccc(C(=O)CC(=O)Nc2ccccc2)cc1. The van der Waals surface area contributed by atoms with Gasteiger partial charge in [0.2, 0.25) is 5.91 Å². The Balaban J connectivity index is 1.95. The Hall–Kier alpha value is -2.62. The fraction of sp³-hybridized carbons (Fsp3) is 0.125. The Morgan fingerprint density at radius 3 is 2.25 bits per heavy atom. The second-order valence-corrected chi connectivity index (χ2v) is 4.24. The van der Waals surface area contributed by atoms with Crippen LogP contribution in [0.3, 0.4) is 0 Å². The summed E-state index contributed by atoms with van der Waals surface area (Å²) in [5.41, 5.74) is 1.18. The molecular weight excluding hydrogens is 254 g/mol. The highest BCUT2D eigenvalue weighted by Crippen LogP contribution is 2.13. The molecule has 20 heavy (non-hydrogen) atoms. The maximum atomic E-state index is 11.9. The molecule has 0 bridgehead atoms. The maximum Gasteiger partial charge on any atom is 0.232 e. The van der Waals surface area contributed by atoms with Crippen molar-refractivity contribution in [2.75, 3.05) is 12.4 Å². The van der Waals surface area contributed by atoms with Crippen LogP contribution in [0.5, 0.6) is 5.75 Å². The van der Waals surface area contributed by atoms with Crippen molar-refractivity contribution in [2.45, 2.75) is 6.42 Å². The lowest BCUT2D eigenvalue weighted by atomic mass is 10.1. The van der Waals surface area contributed by atoms with E-state index < -0.39 is 0 Å². The van der Waals surface area contributed by atoms with Gasteiger partial charge >= 0.3 is 0 Å². The van der Waals surface area contributed by atoms with Crippen molar-refractivity contribution in [1.29, 1.82) is 0 Å². The normalized spacial score (nSPS) is 9.85. The molecule has 2 rings (SSSR count). The second kappa shape index (κ2) is 6.52. The number of anilines is 1. The predicted molar refractivity (Wildman–Crippen MR) is 77.0 cm³/mol. The standard InChI is InChI=1S/C16H15NO3/c1-20-14-9-7-12(8-10-14)15(18)11-16(19)17-13-5-3-2-4-6-13/h2-10H,11H2,1H3,(H,17,19). The summed E-state index contributed by atoms with van der Waals surface area (Å²) in [6, 6.07) is 15.7. The van der Waals surface area contributed by atoms with Gasteiger partial charge in [0.15, 0.2) is 5.78 Å². The van der Waals surface area contributed by atoms with E-state index in [1.807, 2.05) is 18.2 Å². The number of carbonyl (C=O) groups excluding carboxylic acids is 2. The summed E-state index contributed by atoms with van der Waals surface area (Å²) in [5.74, 6) is 0.133. The highest BCUT2D eigenvalue weighted by atomic mass is 16.5. The minimum atomic E-state index is -0.322. The first kappa shape index (κ1) is 13.8. The number of carbonyl (C=O) groups is 2. The monoisotopic (exact) mass is 269 g/mol. The third kappa shape index (κ3) is 3.68. The minimum absolute atomic E-state index is 0.179. The Kier molecular flexibility index (Phi) is 4.50. The molecule has 0 aliphatic rings. The third-order valence-electron chi connectivity index (χ3n) is 2.79. The first-order valence-corrected chi connectivity index (χ1v) is 6.21. The Bertz CT molecular complexity index is 591. The van der Waals surface area contributed by atoms with Crippen LogP contribution in [0.4, 0.5) is 5.69 Å². The molecule has 4 heteroatoms. The number of para-hydroxylation sites is 1. The van der Waals surface area contributed by atoms with Gasteiger partial charge in [-0.3, -0.25) is 9.59 Å². The van der Waals surface area contributed by atoms with E-state index in [1.165, 1.54) is 0 Å². The number of ketones is 1. The molecule has 0 saturated carbocycles. The number of nitrogens with one attached hydrogen (secondary N) is 1. The summed E-state index contributed by atoms with van der Waals surface area (Å²) in [5, 5.41) is 2.68. The van der Waals surface area contributed by atoms with E-state index in [2.05, 4.69) is 5.32 Å². The van der Waals surface area contributed by atoms with Gasteiger partial charge in [-0.2, -0.15) is 0 Å². The summed E-state index contributed by atoms with van der Waals surface area (Å²) in [4.78, 5) is 23.7. The molecule has 0 atom stereocenters. The Morgan fingerprint density at radius 2 is 1.65 bits per heavy atom. The molecule has 0 aliphatic heterocycles. The Labute approximate surface area is 117 Å². The quantitative estimate of drug-likeness (QED) is 0.670. The number of hydrogen-bond acceptors (Lipinski definition) is 3. The average Bonchev–Trinajstić information content (AvgIpc) is 2.48. The molecule has 2 aromatic carbocycles. The molecule has 0 radical (unpaired) electrons. The fourth-order valence-electron chi connectivity index (χ4n) is 1.75. The van der Waals surface area contributed by atoms with Crippen molar-refractivity contribution in [3.8, 4) is 5.75 Å². The first-order chi connectivity index (χ1) is 9.69. The topological polar surface area (TPSA) is 55.4 Å². The number of benzene rings is 2. The van der Waals surface area contributed by atoms with Crippen molar-refractivity contribution < 1.29 is 14.3 Å². The van der Waals surface area contributed by atoms with Crippen molar-refractivity contribution in [3.63, 3.8) is 0 Å². The van der Waals surface area contributed by atoms with E-state index in [0.29, 0.717) is 17.0 Å². The molecule has 0 aromatic heterocycles. The summed E-state index contributed by atoms with van der Waals surface area (Å²) >= 11 is 0. The average molecular weight is 269 g/mol. The molecular formula is C16H15NO3. The zero-order chi connectivity index (χ0) is 14.4. The molecule has 0 unspecified atom stereocenters. The van der Waals surface area contributed by atoms with Gasteiger partial charge in [-0.15, -0.1) is 0 Å². The van der Waals surface area contributed by atoms with E-state index in [-0.39, 0.29) is 18.1 Å². The van der Waals surface area contributed by atoms with Crippen LogP contribution < -0.4 is 10.1 Å². The van der Waals surface area contributed by atoms with Crippen molar-refractivity contribution in [3.05, 3.63) is 60.2 Å². The molecule has 0 heterocycles. The summed E-state index contributed by atoms with van der Waals surface area (Å²) < 4.78 is 5.02. The number of ether oxygens (including phenoxy) is 1. The van der Waals surface area contributed by atoms with E-state index in [0.717, 1.165) is 0 Å². The predicted octanol–water partition coefficient (Wildman–Crippen LogP) is 2.91. The van der Waals surface area contributed by atoms with Gasteiger partial charge in [0.1, 0.15) is 5.75 Å². The number of amides is 1. The van der Waals surface area contributed by atoms with Crippen LogP contribution in [-0.2, 0) is 4.79 Å². The van der Waals surface area contributed by atoms with Gasteiger partial charge in [0.05, 0.1) is 13.5 Å². The van der Waals surface area contributed by atoms with E-state index in [4.69, 9.17) is 4.74 Å². The summed E-state index contributed by atoms with van der Waals surface area (Å²) in [6.45, 7) is 0. The third-order valence-corrected chi connectivity index (χ3v) is 2.79. The van der Waals surface area contributed by atoms with Crippen molar-refractivity contribution in [1.82, 2.24) is 0 Å². The smallest absolute Gasteiger partial charge is 0.232 e. The zero-order valence-corrected chi connectivity index (χ0v) is 11.1. The van der Waals surface area contributed by atoms with Gasteiger partial charge in [-0.1, -0.05) is 18.2 Å². The number of Topliss-reactive ketones (excluding diaryl/α,β-unsaturated/α-hetero) is 1. The Morgan fingerprint density at radius 1 is 1.00 bits per heavy atom. The van der Waals surface area contributed by atoms with Crippen molar-refractivity contribution >= 4 is 17.4 Å². The van der Waals surface area contributed by atoms with Gasteiger partial charge < -0.3 is 10.1 Å². The van der Waals surface area contributed by atoms with Crippen LogP contribution in [0.2, 0.25) is 0 Å². The second-order valence-electron chi connectivity index (χ2n) is 4.24. The molecule has 0 fully saturated rings. The molecule has 1 amide bonds. The van der Waals surface area contributed by atoms with E-state index >= 15 is 0 Å². The lowest BCUT2D eigenvalue weighted by Gasteiger charge is -2.05. The summed E-state index contributed by atoms with van der Waals surface area (Å²) in [6.07, 6.45) is -0.179. The van der Waals surface area contributed by atoms with Gasteiger partial charge in [0, 0.05) is 11.3 Å². The van der Waals surface area contributed by atoms with Crippen LogP contribution in [0.15, 0.2) is 54.6 Å². The lowest BCUT2D eigenvalue weighted by Crippen LogP contribution is -2.16. The van der Waals surface area contributed by atoms with E-state index in [9.17, 15) is 9.59 Å². The molecule has 0 aliphatic carbocycles. The number of rotatable bonds is 5. The highest BCUT2D eigenvalue weighted by molar-refractivity contribution is 6.11. The van der Waals surface area contributed by atoms with Crippen LogP contribution >= 0.6 is 0 Å². The lowest BCUT2D eigenvalue weighted by molar-refractivity contribution is -0.115. The first-order valence-electron chi connectivity index (χ1n) is 6.21. The van der Waals surface area contributed by atoms with Crippen molar-refractivity contribution in [2.24, 2.45) is 0 Å². The minimum Gasteiger partial charge on any atom is -0.497 e. The molecule has 1 N–H and O–H groups in total. The van der Waals surface area contributed by atoms with E-state index in [1.54, 1.807) is 43.5 Å². The molecule has 4 nitrogen and oxygen atoms in total. The van der Waals surface area contributed by atoms with Crippen LogP contribution in [0.1, 0.15) is 16.8 Å². The number of methoxy groups -OCH3 is 1. The van der Waals surface area contributed by atoms with Gasteiger partial charge in [-0.05, 0) is 36.4 Å². The molecule has 2 aromatic rings. The largest absolute Gasteiger partial charge is 0.497 e. The highest BCUT2D eigenvalue weighted by Gasteiger charge is 2.12. The molecule has 0 spiro atoms. The van der Waals surface area contributed by atoms with Gasteiger partial charge in [0.25, 0.3) is 0 Å². The van der Waals surface area contributed by atoms with Crippen LogP contribution in [-0.4, -0.2) is 18.8 Å². The molecule has 0 saturated heterocycles. The zero-order valence-electron chi connectivity index (χ0n) is 11.1. The van der Waals surface area contributed by atoms with Crippen LogP contribution in [0.25, 0.3) is 0 Å².